The first kappa shape index (κ1) is 21.7. The highest BCUT2D eigenvalue weighted by atomic mass is 32.2. The summed E-state index contributed by atoms with van der Waals surface area (Å²) in [5.74, 6) is 1.57. The molecule has 0 saturated heterocycles. The minimum atomic E-state index is -3.42. The van der Waals surface area contributed by atoms with Gasteiger partial charge in [-0.1, -0.05) is 24.3 Å². The quantitative estimate of drug-likeness (QED) is 0.439. The molecule has 0 atom stereocenters. The summed E-state index contributed by atoms with van der Waals surface area (Å²) >= 11 is 0. The van der Waals surface area contributed by atoms with E-state index >= 15 is 0 Å². The van der Waals surface area contributed by atoms with Gasteiger partial charge < -0.3 is 15.4 Å². The van der Waals surface area contributed by atoms with Gasteiger partial charge in [0.15, 0.2) is 5.96 Å². The molecule has 8 heteroatoms. The van der Waals surface area contributed by atoms with Crippen LogP contribution in [-0.2, 0) is 23.0 Å². The minimum Gasteiger partial charge on any atom is -0.497 e. The van der Waals surface area contributed by atoms with Gasteiger partial charge in [0.25, 0.3) is 0 Å². The summed E-state index contributed by atoms with van der Waals surface area (Å²) in [5, 5.41) is 6.53. The summed E-state index contributed by atoms with van der Waals surface area (Å²) < 4.78 is 31.0. The number of ether oxygens (including phenoxy) is 1. The Bertz CT molecular complexity index is 863. The average Bonchev–Trinajstić information content (AvgIpc) is 2.72. The summed E-state index contributed by atoms with van der Waals surface area (Å²) in [5.41, 5.74) is 2.15. The molecule has 0 heterocycles. The van der Waals surface area contributed by atoms with Crippen molar-refractivity contribution in [1.82, 2.24) is 15.4 Å². The predicted molar refractivity (Wildman–Crippen MR) is 112 cm³/mol. The molecule has 0 amide bonds. The number of hydrogen-bond acceptors (Lipinski definition) is 4. The molecular formula is C20H28N4O3S. The summed E-state index contributed by atoms with van der Waals surface area (Å²) in [6, 6.07) is 14.7. The second-order valence-electron chi connectivity index (χ2n) is 6.07. The summed E-state index contributed by atoms with van der Waals surface area (Å²) in [4.78, 5) is 4.81. The van der Waals surface area contributed by atoms with Gasteiger partial charge in [0.05, 0.1) is 18.6 Å². The maximum absolute atomic E-state index is 11.8. The van der Waals surface area contributed by atoms with E-state index < -0.39 is 10.0 Å². The van der Waals surface area contributed by atoms with Crippen molar-refractivity contribution in [3.05, 3.63) is 59.7 Å². The summed E-state index contributed by atoms with van der Waals surface area (Å²) in [7, 11) is -0.364. The Kier molecular flexibility index (Phi) is 8.28. The molecule has 0 fully saturated rings. The number of rotatable bonds is 9. The van der Waals surface area contributed by atoms with Crippen LogP contribution < -0.4 is 20.1 Å². The molecule has 0 bridgehead atoms. The lowest BCUT2D eigenvalue weighted by molar-refractivity contribution is 0.414. The van der Waals surface area contributed by atoms with Gasteiger partial charge in [-0.3, -0.25) is 0 Å². The highest BCUT2D eigenvalue weighted by Crippen LogP contribution is 2.12. The maximum Gasteiger partial charge on any atom is 0.240 e. The molecule has 28 heavy (non-hydrogen) atoms. The van der Waals surface area contributed by atoms with Crippen molar-refractivity contribution < 1.29 is 13.2 Å². The molecule has 0 aliphatic carbocycles. The number of methoxy groups -OCH3 is 1. The second kappa shape index (κ2) is 10.7. The van der Waals surface area contributed by atoms with Gasteiger partial charge in [-0.25, -0.2) is 18.1 Å². The van der Waals surface area contributed by atoms with E-state index in [9.17, 15) is 8.42 Å². The molecule has 2 aromatic rings. The maximum atomic E-state index is 11.8. The van der Waals surface area contributed by atoms with E-state index in [0.717, 1.165) is 36.8 Å². The molecule has 0 aliphatic heterocycles. The van der Waals surface area contributed by atoms with Crippen molar-refractivity contribution in [2.75, 3.05) is 27.2 Å². The fraction of sp³-hybridized carbons (Fsp3) is 0.350. The number of benzene rings is 2. The van der Waals surface area contributed by atoms with Gasteiger partial charge >= 0.3 is 0 Å². The molecule has 0 radical (unpaired) electrons. The minimum absolute atomic E-state index is 0.243. The molecule has 3 N–H and O–H groups in total. The number of guanidine groups is 1. The Morgan fingerprint density at radius 1 is 1.00 bits per heavy atom. The van der Waals surface area contributed by atoms with Crippen LogP contribution in [0.2, 0.25) is 0 Å². The van der Waals surface area contributed by atoms with E-state index in [-0.39, 0.29) is 4.90 Å². The van der Waals surface area contributed by atoms with E-state index in [1.807, 2.05) is 31.2 Å². The van der Waals surface area contributed by atoms with Gasteiger partial charge in [-0.05, 0) is 55.8 Å². The number of sulfonamides is 1. The van der Waals surface area contributed by atoms with Crippen LogP contribution in [0, 0.1) is 0 Å². The third-order valence-electron chi connectivity index (χ3n) is 4.13. The van der Waals surface area contributed by atoms with E-state index in [1.54, 1.807) is 31.4 Å². The monoisotopic (exact) mass is 404 g/mol. The zero-order chi connectivity index (χ0) is 20.4. The number of hydrogen-bond donors (Lipinski definition) is 3. The standard InChI is InChI=1S/C20H28N4O3S/c1-4-22-20(23-14-13-16-5-9-18(27-3)10-6-16)24-15-17-7-11-19(12-8-17)28(25,26)21-2/h5-12,21H,4,13-15H2,1-3H3,(H2,22,23,24). The van der Waals surface area contributed by atoms with Crippen molar-refractivity contribution in [3.63, 3.8) is 0 Å². The average molecular weight is 405 g/mol. The van der Waals surface area contributed by atoms with E-state index in [0.29, 0.717) is 6.54 Å². The lowest BCUT2D eigenvalue weighted by Gasteiger charge is -2.11. The molecule has 0 spiro atoms. The Labute approximate surface area is 167 Å². The van der Waals surface area contributed by atoms with Crippen LogP contribution in [0.3, 0.4) is 0 Å². The first-order chi connectivity index (χ1) is 13.5. The number of nitrogens with zero attached hydrogens (tertiary/aromatic N) is 1. The Morgan fingerprint density at radius 2 is 1.64 bits per heavy atom. The van der Waals surface area contributed by atoms with Gasteiger partial charge in [-0.15, -0.1) is 0 Å². The molecule has 152 valence electrons. The van der Waals surface area contributed by atoms with Crippen LogP contribution in [-0.4, -0.2) is 41.6 Å². The van der Waals surface area contributed by atoms with Crippen LogP contribution >= 0.6 is 0 Å². The fourth-order valence-electron chi connectivity index (χ4n) is 2.52. The van der Waals surface area contributed by atoms with Gasteiger partial charge in [0.2, 0.25) is 10.0 Å². The van der Waals surface area contributed by atoms with Crippen LogP contribution in [0.5, 0.6) is 5.75 Å². The molecule has 2 rings (SSSR count). The SMILES string of the molecule is CCNC(=NCc1ccc(S(=O)(=O)NC)cc1)NCCc1ccc(OC)cc1. The first-order valence-electron chi connectivity index (χ1n) is 9.16. The molecule has 2 aromatic carbocycles. The largest absolute Gasteiger partial charge is 0.497 e. The second-order valence-corrected chi connectivity index (χ2v) is 7.96. The summed E-state index contributed by atoms with van der Waals surface area (Å²) in [6.45, 7) is 3.97. The summed E-state index contributed by atoms with van der Waals surface area (Å²) in [6.07, 6.45) is 0.866. The van der Waals surface area contributed by atoms with E-state index in [2.05, 4.69) is 20.3 Å². The normalized spacial score (nSPS) is 11.9. The molecular weight excluding hydrogens is 376 g/mol. The van der Waals surface area contributed by atoms with Crippen LogP contribution in [0.4, 0.5) is 0 Å². The van der Waals surface area contributed by atoms with Crippen molar-refractivity contribution in [1.29, 1.82) is 0 Å². The molecule has 0 saturated carbocycles. The topological polar surface area (TPSA) is 91.8 Å². The van der Waals surface area contributed by atoms with Crippen molar-refractivity contribution in [2.24, 2.45) is 4.99 Å². The fourth-order valence-corrected chi connectivity index (χ4v) is 3.25. The molecule has 7 nitrogen and oxygen atoms in total. The van der Waals surface area contributed by atoms with Crippen molar-refractivity contribution in [3.8, 4) is 5.75 Å². The van der Waals surface area contributed by atoms with Crippen molar-refractivity contribution in [2.45, 2.75) is 24.8 Å². The van der Waals surface area contributed by atoms with Gasteiger partial charge in [0.1, 0.15) is 5.75 Å². The lowest BCUT2D eigenvalue weighted by atomic mass is 10.1. The van der Waals surface area contributed by atoms with Crippen LogP contribution in [0.15, 0.2) is 58.4 Å². The highest BCUT2D eigenvalue weighted by molar-refractivity contribution is 7.89. The lowest BCUT2D eigenvalue weighted by Crippen LogP contribution is -2.38. The van der Waals surface area contributed by atoms with Crippen LogP contribution in [0.1, 0.15) is 18.1 Å². The van der Waals surface area contributed by atoms with Crippen molar-refractivity contribution >= 4 is 16.0 Å². The first-order valence-corrected chi connectivity index (χ1v) is 10.6. The van der Waals surface area contributed by atoms with E-state index in [1.165, 1.54) is 12.6 Å². The Balaban J connectivity index is 1.92. The van der Waals surface area contributed by atoms with Crippen LogP contribution in [0.25, 0.3) is 0 Å². The third-order valence-corrected chi connectivity index (χ3v) is 5.56. The third kappa shape index (κ3) is 6.54. The van der Waals surface area contributed by atoms with Gasteiger partial charge in [0, 0.05) is 13.1 Å². The van der Waals surface area contributed by atoms with Gasteiger partial charge in [-0.2, -0.15) is 0 Å². The smallest absolute Gasteiger partial charge is 0.240 e. The molecule has 0 unspecified atom stereocenters. The number of aliphatic imine (C=N–C) groups is 1. The molecule has 0 aromatic heterocycles. The Morgan fingerprint density at radius 3 is 2.21 bits per heavy atom. The number of nitrogens with one attached hydrogen (secondary N) is 3. The zero-order valence-electron chi connectivity index (χ0n) is 16.5. The van der Waals surface area contributed by atoms with E-state index in [4.69, 9.17) is 4.74 Å². The predicted octanol–water partition coefficient (Wildman–Crippen LogP) is 1.90. The Hall–Kier alpha value is -2.58. The molecule has 0 aliphatic rings. The zero-order valence-corrected chi connectivity index (χ0v) is 17.3. The highest BCUT2D eigenvalue weighted by Gasteiger charge is 2.10.